The SMILES string of the molecule is COCCn1c(NSC(C)C(OC)c2ncc(Cl)cn2)nnc1C1COCCO1. The number of rotatable bonds is 10. The third-order valence-corrected chi connectivity index (χ3v) is 5.43. The van der Waals surface area contributed by atoms with Gasteiger partial charge in [-0.25, -0.2) is 9.97 Å². The molecule has 3 rings (SSSR count). The minimum Gasteiger partial charge on any atom is -0.383 e. The molecule has 3 unspecified atom stereocenters. The largest absolute Gasteiger partial charge is 0.383 e. The van der Waals surface area contributed by atoms with Crippen molar-refractivity contribution >= 4 is 29.5 Å². The first-order valence-corrected chi connectivity index (χ1v) is 10.4. The second-order valence-corrected chi connectivity index (χ2v) is 7.92. The van der Waals surface area contributed by atoms with Gasteiger partial charge in [0, 0.05) is 26.6 Å². The van der Waals surface area contributed by atoms with Crippen LogP contribution in [-0.4, -0.2) is 70.6 Å². The lowest BCUT2D eigenvalue weighted by atomic mass is 10.2. The van der Waals surface area contributed by atoms with Gasteiger partial charge >= 0.3 is 0 Å². The Morgan fingerprint density at radius 3 is 2.76 bits per heavy atom. The van der Waals surface area contributed by atoms with Crippen LogP contribution >= 0.6 is 23.5 Å². The van der Waals surface area contributed by atoms with E-state index in [4.69, 9.17) is 30.5 Å². The van der Waals surface area contributed by atoms with Gasteiger partial charge in [-0.15, -0.1) is 10.2 Å². The Bertz CT molecular complexity index is 759. The summed E-state index contributed by atoms with van der Waals surface area (Å²) in [6.07, 6.45) is 2.54. The maximum absolute atomic E-state index is 5.88. The summed E-state index contributed by atoms with van der Waals surface area (Å²) < 4.78 is 27.3. The van der Waals surface area contributed by atoms with Crippen LogP contribution in [0.25, 0.3) is 0 Å². The molecule has 29 heavy (non-hydrogen) atoms. The van der Waals surface area contributed by atoms with Crippen molar-refractivity contribution in [3.05, 3.63) is 29.1 Å². The smallest absolute Gasteiger partial charge is 0.234 e. The highest BCUT2D eigenvalue weighted by atomic mass is 35.5. The van der Waals surface area contributed by atoms with E-state index in [1.54, 1.807) is 26.6 Å². The van der Waals surface area contributed by atoms with Gasteiger partial charge in [-0.05, 0) is 18.9 Å². The molecular weight excluding hydrogens is 420 g/mol. The first-order chi connectivity index (χ1) is 14.1. The first kappa shape index (κ1) is 22.2. The second-order valence-electron chi connectivity index (χ2n) is 6.30. The van der Waals surface area contributed by atoms with Crippen molar-refractivity contribution in [2.45, 2.75) is 30.9 Å². The molecule has 160 valence electrons. The van der Waals surface area contributed by atoms with Crippen LogP contribution < -0.4 is 4.72 Å². The van der Waals surface area contributed by atoms with Gasteiger partial charge in [-0.2, -0.15) is 0 Å². The normalized spacial score (nSPS) is 19.1. The Morgan fingerprint density at radius 2 is 2.10 bits per heavy atom. The molecular formula is C17H25ClN6O4S. The first-order valence-electron chi connectivity index (χ1n) is 9.17. The molecule has 3 heterocycles. The summed E-state index contributed by atoms with van der Waals surface area (Å²) in [6.45, 7) is 4.70. The van der Waals surface area contributed by atoms with Gasteiger partial charge in [-0.1, -0.05) is 11.6 Å². The molecule has 0 aromatic carbocycles. The van der Waals surface area contributed by atoms with Crippen LogP contribution in [0.5, 0.6) is 0 Å². The van der Waals surface area contributed by atoms with E-state index in [9.17, 15) is 0 Å². The second kappa shape index (κ2) is 11.0. The lowest BCUT2D eigenvalue weighted by Crippen LogP contribution is -2.25. The lowest BCUT2D eigenvalue weighted by molar-refractivity contribution is -0.0949. The molecule has 1 fully saturated rings. The predicted molar refractivity (Wildman–Crippen MR) is 109 cm³/mol. The highest BCUT2D eigenvalue weighted by molar-refractivity contribution is 8.01. The molecule has 10 nitrogen and oxygen atoms in total. The summed E-state index contributed by atoms with van der Waals surface area (Å²) in [5.74, 6) is 1.88. The van der Waals surface area contributed by atoms with E-state index in [-0.39, 0.29) is 17.5 Å². The third kappa shape index (κ3) is 5.77. The van der Waals surface area contributed by atoms with E-state index in [1.165, 1.54) is 11.9 Å². The van der Waals surface area contributed by atoms with E-state index >= 15 is 0 Å². The number of aromatic nitrogens is 5. The number of halogens is 1. The highest BCUT2D eigenvalue weighted by Gasteiger charge is 2.26. The van der Waals surface area contributed by atoms with E-state index in [0.29, 0.717) is 55.6 Å². The van der Waals surface area contributed by atoms with Crippen LogP contribution in [0.4, 0.5) is 5.95 Å². The molecule has 2 aromatic heterocycles. The number of hydrogen-bond donors (Lipinski definition) is 1. The molecule has 1 N–H and O–H groups in total. The summed E-state index contributed by atoms with van der Waals surface area (Å²) in [4.78, 5) is 8.52. The van der Waals surface area contributed by atoms with Gasteiger partial charge < -0.3 is 18.9 Å². The predicted octanol–water partition coefficient (Wildman–Crippen LogP) is 2.29. The fourth-order valence-electron chi connectivity index (χ4n) is 2.85. The van der Waals surface area contributed by atoms with Crippen LogP contribution in [0.2, 0.25) is 5.02 Å². The summed E-state index contributed by atoms with van der Waals surface area (Å²) in [5.41, 5.74) is 0. The molecule has 1 saturated heterocycles. The van der Waals surface area contributed by atoms with Crippen LogP contribution in [-0.2, 0) is 25.5 Å². The van der Waals surface area contributed by atoms with Crippen molar-refractivity contribution < 1.29 is 18.9 Å². The molecule has 1 aliphatic rings. The number of anilines is 1. The standard InChI is InChI=1S/C17H25ClN6O4S/c1-11(14(26-3)15-19-8-12(18)9-20-15)29-23-17-22-21-16(24(17)4-5-25-2)13-10-27-6-7-28-13/h8-9,11,13-14H,4-7,10H2,1-3H3,(H,22,23). The summed E-state index contributed by atoms with van der Waals surface area (Å²) in [7, 11) is 3.28. The molecule has 0 spiro atoms. The Balaban J connectivity index is 1.69. The Morgan fingerprint density at radius 1 is 1.31 bits per heavy atom. The number of methoxy groups -OCH3 is 2. The average Bonchev–Trinajstić information content (AvgIpc) is 3.16. The van der Waals surface area contributed by atoms with Crippen molar-refractivity contribution in [1.29, 1.82) is 0 Å². The van der Waals surface area contributed by atoms with Crippen molar-refractivity contribution in [3.8, 4) is 0 Å². The minimum absolute atomic E-state index is 0.0218. The summed E-state index contributed by atoms with van der Waals surface area (Å²) in [6, 6.07) is 0. The molecule has 0 bridgehead atoms. The van der Waals surface area contributed by atoms with Crippen LogP contribution in [0.15, 0.2) is 12.4 Å². The maximum atomic E-state index is 5.88. The number of ether oxygens (including phenoxy) is 4. The summed E-state index contributed by atoms with van der Waals surface area (Å²) >= 11 is 7.32. The topological polar surface area (TPSA) is 105 Å². The molecule has 12 heteroatoms. The Labute approximate surface area is 178 Å². The number of hydrogen-bond acceptors (Lipinski definition) is 10. The highest BCUT2D eigenvalue weighted by Crippen LogP contribution is 2.29. The van der Waals surface area contributed by atoms with Crippen LogP contribution in [0, 0.1) is 0 Å². The zero-order valence-electron chi connectivity index (χ0n) is 16.6. The third-order valence-electron chi connectivity index (χ3n) is 4.31. The molecule has 0 aliphatic carbocycles. The van der Waals surface area contributed by atoms with E-state index in [0.717, 1.165) is 0 Å². The lowest BCUT2D eigenvalue weighted by Gasteiger charge is -2.23. The zero-order valence-corrected chi connectivity index (χ0v) is 18.1. The molecule has 3 atom stereocenters. The van der Waals surface area contributed by atoms with Crippen molar-refractivity contribution in [2.75, 3.05) is 45.4 Å². The van der Waals surface area contributed by atoms with Crippen LogP contribution in [0.1, 0.15) is 30.8 Å². The molecule has 0 radical (unpaired) electrons. The average molecular weight is 445 g/mol. The summed E-state index contributed by atoms with van der Waals surface area (Å²) in [5, 5.41) is 9.06. The minimum atomic E-state index is -0.324. The molecule has 1 aliphatic heterocycles. The zero-order chi connectivity index (χ0) is 20.6. The Kier molecular flexibility index (Phi) is 8.45. The van der Waals surface area contributed by atoms with Crippen LogP contribution in [0.3, 0.4) is 0 Å². The van der Waals surface area contributed by atoms with E-state index in [1.807, 2.05) is 11.5 Å². The molecule has 0 saturated carbocycles. The number of nitrogens with zero attached hydrogens (tertiary/aromatic N) is 5. The van der Waals surface area contributed by atoms with Gasteiger partial charge in [-0.3, -0.25) is 9.29 Å². The van der Waals surface area contributed by atoms with E-state index < -0.39 is 0 Å². The van der Waals surface area contributed by atoms with Gasteiger partial charge in [0.05, 0.1) is 43.2 Å². The van der Waals surface area contributed by atoms with E-state index in [2.05, 4.69) is 24.9 Å². The van der Waals surface area contributed by atoms with Crippen molar-refractivity contribution in [1.82, 2.24) is 24.7 Å². The quantitative estimate of drug-likeness (QED) is 0.548. The fraction of sp³-hybridized carbons (Fsp3) is 0.647. The van der Waals surface area contributed by atoms with Crippen molar-refractivity contribution in [3.63, 3.8) is 0 Å². The van der Waals surface area contributed by atoms with Gasteiger partial charge in [0.1, 0.15) is 12.2 Å². The Hall–Kier alpha value is -1.50. The molecule has 2 aromatic rings. The fourth-order valence-corrected chi connectivity index (χ4v) is 3.75. The molecule has 0 amide bonds. The van der Waals surface area contributed by atoms with Gasteiger partial charge in [0.25, 0.3) is 0 Å². The number of nitrogens with one attached hydrogen (secondary N) is 1. The maximum Gasteiger partial charge on any atom is 0.234 e. The van der Waals surface area contributed by atoms with Crippen molar-refractivity contribution in [2.24, 2.45) is 0 Å². The monoisotopic (exact) mass is 444 g/mol. The van der Waals surface area contributed by atoms with Gasteiger partial charge in [0.2, 0.25) is 5.95 Å². The van der Waals surface area contributed by atoms with Gasteiger partial charge in [0.15, 0.2) is 11.6 Å².